The van der Waals surface area contributed by atoms with Crippen molar-refractivity contribution in [2.75, 3.05) is 36.9 Å². The lowest BCUT2D eigenvalue weighted by Gasteiger charge is -2.40. The Hall–Kier alpha value is -5.62. The molecule has 3 N–H and O–H groups in total. The third-order valence-corrected chi connectivity index (χ3v) is 12.5. The Morgan fingerprint density at radius 1 is 1.02 bits per heavy atom. The van der Waals surface area contributed by atoms with Crippen molar-refractivity contribution in [2.45, 2.75) is 95.1 Å². The quantitative estimate of drug-likeness (QED) is 0.166. The maximum absolute atomic E-state index is 13.5. The number of alkyl halides is 3. The number of nitrogens with one attached hydrogen (secondary N) is 2. The summed E-state index contributed by atoms with van der Waals surface area (Å²) in [6.07, 6.45) is 5.00. The van der Waals surface area contributed by atoms with Gasteiger partial charge in [-0.15, -0.1) is 0 Å². The lowest BCUT2D eigenvalue weighted by atomic mass is 9.85. The minimum absolute atomic E-state index is 0.162. The van der Waals surface area contributed by atoms with Gasteiger partial charge in [0.05, 0.1) is 46.3 Å². The number of para-hydroxylation sites is 1. The van der Waals surface area contributed by atoms with Crippen LogP contribution in [0.25, 0.3) is 21.9 Å². The molecule has 1 atom stereocenters. The Bertz CT molecular complexity index is 2520. The summed E-state index contributed by atoms with van der Waals surface area (Å²) >= 11 is 0. The van der Waals surface area contributed by atoms with Crippen molar-refractivity contribution < 1.29 is 32.7 Å². The molecule has 2 aromatic carbocycles. The molecule has 3 amide bonds. The highest BCUT2D eigenvalue weighted by Gasteiger charge is 2.35. The molecule has 1 unspecified atom stereocenters. The first kappa shape index (κ1) is 41.1. The Labute approximate surface area is 343 Å². The van der Waals surface area contributed by atoms with Crippen molar-refractivity contribution in [1.29, 1.82) is 0 Å². The average molecular weight is 831 g/mol. The topological polar surface area (TPSA) is 173 Å². The van der Waals surface area contributed by atoms with E-state index in [2.05, 4.69) is 37.4 Å². The fourth-order valence-corrected chi connectivity index (χ4v) is 9.28. The molecule has 18 heteroatoms. The summed E-state index contributed by atoms with van der Waals surface area (Å²) in [5.41, 5.74) is 0.208. The van der Waals surface area contributed by atoms with E-state index in [1.165, 1.54) is 4.57 Å². The maximum atomic E-state index is 13.5. The van der Waals surface area contributed by atoms with Crippen LogP contribution in [0.15, 0.2) is 53.7 Å². The van der Waals surface area contributed by atoms with Gasteiger partial charge >= 0.3 is 11.9 Å². The molecule has 2 aliphatic heterocycles. The van der Waals surface area contributed by atoms with Crippen LogP contribution in [0.5, 0.6) is 0 Å². The third-order valence-electron chi connectivity index (χ3n) is 12.5. The van der Waals surface area contributed by atoms with Crippen LogP contribution in [0.1, 0.15) is 99.0 Å². The van der Waals surface area contributed by atoms with E-state index < -0.39 is 41.0 Å². The van der Waals surface area contributed by atoms with Crippen molar-refractivity contribution in [3.8, 4) is 0 Å². The van der Waals surface area contributed by atoms with Crippen LogP contribution in [0, 0.1) is 5.92 Å². The lowest BCUT2D eigenvalue weighted by Crippen LogP contribution is -2.45. The van der Waals surface area contributed by atoms with Crippen molar-refractivity contribution in [1.82, 2.24) is 39.1 Å². The zero-order chi connectivity index (χ0) is 42.7. The first-order chi connectivity index (χ1) is 28.5. The number of carbonyl (C=O) groups is 3. The van der Waals surface area contributed by atoms with Gasteiger partial charge in [0.15, 0.2) is 5.69 Å². The Kier molecular flexibility index (Phi) is 10.8. The van der Waals surface area contributed by atoms with E-state index in [4.69, 9.17) is 5.10 Å². The van der Waals surface area contributed by atoms with Crippen LogP contribution < -0.4 is 21.2 Å². The normalized spacial score (nSPS) is 20.9. The largest absolute Gasteiger partial charge is 0.434 e. The van der Waals surface area contributed by atoms with Gasteiger partial charge in [0.25, 0.3) is 5.91 Å². The monoisotopic (exact) mass is 830 g/mol. The summed E-state index contributed by atoms with van der Waals surface area (Å²) in [6.45, 7) is 5.74. The molecule has 3 aromatic heterocycles. The van der Waals surface area contributed by atoms with E-state index in [9.17, 15) is 37.5 Å². The molecule has 0 spiro atoms. The average Bonchev–Trinajstić information content (AvgIpc) is 3.74. The third kappa shape index (κ3) is 8.01. The summed E-state index contributed by atoms with van der Waals surface area (Å²) in [6, 6.07) is 9.04. The second-order valence-corrected chi connectivity index (χ2v) is 17.0. The smallest absolute Gasteiger partial charge is 0.386 e. The fraction of sp³-hybridized carbons (Fsp3) is 0.500. The number of imidazole rings is 1. The van der Waals surface area contributed by atoms with Gasteiger partial charge in [0, 0.05) is 62.0 Å². The number of fused-ring (bicyclic) bond motifs is 2. The summed E-state index contributed by atoms with van der Waals surface area (Å²) < 4.78 is 44.8. The highest BCUT2D eigenvalue weighted by molar-refractivity contribution is 6.04. The number of benzene rings is 2. The van der Waals surface area contributed by atoms with Gasteiger partial charge in [-0.3, -0.25) is 38.5 Å². The molecule has 3 fully saturated rings. The number of aromatic nitrogens is 6. The molecule has 2 saturated heterocycles. The molecule has 1 saturated carbocycles. The van der Waals surface area contributed by atoms with Gasteiger partial charge < -0.3 is 20.2 Å². The van der Waals surface area contributed by atoms with E-state index in [1.54, 1.807) is 37.6 Å². The fourth-order valence-electron chi connectivity index (χ4n) is 9.28. The van der Waals surface area contributed by atoms with Crippen LogP contribution in [-0.2, 0) is 28.4 Å². The number of rotatable bonds is 9. The summed E-state index contributed by atoms with van der Waals surface area (Å²) in [5.74, 6) is -1.13. The minimum atomic E-state index is -4.76. The second-order valence-electron chi connectivity index (χ2n) is 17.0. The summed E-state index contributed by atoms with van der Waals surface area (Å²) in [4.78, 5) is 62.8. The van der Waals surface area contributed by atoms with E-state index in [-0.39, 0.29) is 36.2 Å². The van der Waals surface area contributed by atoms with Crippen LogP contribution in [0.4, 0.5) is 24.5 Å². The van der Waals surface area contributed by atoms with Gasteiger partial charge in [-0.05, 0) is 96.0 Å². The maximum Gasteiger partial charge on any atom is 0.434 e. The zero-order valence-corrected chi connectivity index (χ0v) is 34.0. The molecule has 15 nitrogen and oxygen atoms in total. The van der Waals surface area contributed by atoms with Crippen LogP contribution in [0.3, 0.4) is 0 Å². The first-order valence-electron chi connectivity index (χ1n) is 20.4. The number of hydrogen-bond acceptors (Lipinski definition) is 10. The van der Waals surface area contributed by atoms with Crippen LogP contribution >= 0.6 is 0 Å². The highest BCUT2D eigenvalue weighted by atomic mass is 19.4. The SMILES string of the molecule is CN(CC1CCC(n2cc3cc(NC(=O)c4cncc(C(F)(F)F)n4)c(C(C)(C)O)cc3n2)CC1)C1CCN(c2cccc3c2n(C)c(=O)n3C2CCC(=O)NC2=O)CC1. The first-order valence-corrected chi connectivity index (χ1v) is 20.4. The van der Waals surface area contributed by atoms with Gasteiger partial charge in [-0.1, -0.05) is 6.07 Å². The molecule has 1 aliphatic carbocycles. The van der Waals surface area contributed by atoms with E-state index >= 15 is 0 Å². The number of carbonyl (C=O) groups excluding carboxylic acids is 3. The molecule has 60 heavy (non-hydrogen) atoms. The lowest BCUT2D eigenvalue weighted by molar-refractivity contribution is -0.141. The molecular weight excluding hydrogens is 782 g/mol. The van der Waals surface area contributed by atoms with Gasteiger partial charge in [-0.2, -0.15) is 18.3 Å². The van der Waals surface area contributed by atoms with Gasteiger partial charge in [0.1, 0.15) is 11.7 Å². The van der Waals surface area contributed by atoms with Crippen LogP contribution in [0.2, 0.25) is 0 Å². The number of aryl methyl sites for hydroxylation is 1. The second kappa shape index (κ2) is 15.8. The molecule has 318 valence electrons. The molecule has 5 heterocycles. The van der Waals surface area contributed by atoms with Crippen molar-refractivity contribution >= 4 is 51.0 Å². The molecule has 5 aromatic rings. The standard InChI is InChI=1S/C42H49F3N10O5/c1-41(2,60)28-19-29-25(18-30(28)48-38(57)31-20-46-21-35(47-31)42(43,44)45)23-54(50-29)27-10-8-24(9-11-27)22-51(3)26-14-16-53(17-15-26)32-6-5-7-33-37(32)52(4)40(59)55(33)34-12-13-36(56)49-39(34)58/h5-7,18-21,23-24,26-27,34,60H,8-17,22H2,1-4H3,(H,48,57)(H,49,56,58). The summed E-state index contributed by atoms with van der Waals surface area (Å²) in [5, 5.41) is 21.6. The number of halogens is 3. The highest BCUT2D eigenvalue weighted by Crippen LogP contribution is 2.37. The number of hydrogen-bond donors (Lipinski definition) is 3. The molecule has 3 aliphatic rings. The van der Waals surface area contributed by atoms with Crippen molar-refractivity contribution in [2.24, 2.45) is 13.0 Å². The zero-order valence-electron chi connectivity index (χ0n) is 34.0. The molecule has 0 bridgehead atoms. The Morgan fingerprint density at radius 3 is 2.43 bits per heavy atom. The van der Waals surface area contributed by atoms with E-state index in [0.717, 1.165) is 75.6 Å². The van der Waals surface area contributed by atoms with Crippen LogP contribution in [-0.4, -0.2) is 89.3 Å². The van der Waals surface area contributed by atoms with Gasteiger partial charge in [-0.25, -0.2) is 9.78 Å². The molecule has 0 radical (unpaired) electrons. The number of aliphatic hydroxyl groups is 1. The number of imide groups is 1. The molecule has 8 rings (SSSR count). The van der Waals surface area contributed by atoms with E-state index in [0.29, 0.717) is 40.1 Å². The van der Waals surface area contributed by atoms with Gasteiger partial charge in [0.2, 0.25) is 11.8 Å². The Morgan fingerprint density at radius 2 is 1.75 bits per heavy atom. The number of piperidine rings is 2. The Balaban J connectivity index is 0.885. The predicted molar refractivity (Wildman–Crippen MR) is 217 cm³/mol. The van der Waals surface area contributed by atoms with Crippen molar-refractivity contribution in [3.05, 3.63) is 76.4 Å². The number of nitrogens with zero attached hydrogens (tertiary/aromatic N) is 8. The number of anilines is 2. The van der Waals surface area contributed by atoms with Crippen molar-refractivity contribution in [3.63, 3.8) is 0 Å². The predicted octanol–water partition coefficient (Wildman–Crippen LogP) is 5.29. The molecular formula is C42H49F3N10O5. The minimum Gasteiger partial charge on any atom is -0.386 e. The summed E-state index contributed by atoms with van der Waals surface area (Å²) in [7, 11) is 3.94. The number of amides is 3. The van der Waals surface area contributed by atoms with E-state index in [1.807, 2.05) is 29.1 Å².